The molecule has 86 valence electrons. The summed E-state index contributed by atoms with van der Waals surface area (Å²) in [6, 6.07) is 3.39. The van der Waals surface area contributed by atoms with Crippen molar-refractivity contribution in [3.8, 4) is 5.88 Å². The van der Waals surface area contributed by atoms with Gasteiger partial charge in [-0.3, -0.25) is 4.79 Å². The number of nitrogens with zero attached hydrogens (tertiary/aromatic N) is 1. The first kappa shape index (κ1) is 10.9. The van der Waals surface area contributed by atoms with E-state index >= 15 is 0 Å². The lowest BCUT2D eigenvalue weighted by Crippen LogP contribution is -2.46. The molecular formula is C11H14N2O3. The molecule has 5 heteroatoms. The van der Waals surface area contributed by atoms with Gasteiger partial charge < -0.3 is 15.2 Å². The van der Waals surface area contributed by atoms with Crippen molar-refractivity contribution in [3.63, 3.8) is 0 Å². The summed E-state index contributed by atoms with van der Waals surface area (Å²) < 4.78 is 4.90. The van der Waals surface area contributed by atoms with Gasteiger partial charge in [0.2, 0.25) is 5.88 Å². The van der Waals surface area contributed by atoms with Crippen molar-refractivity contribution in [2.24, 2.45) is 0 Å². The summed E-state index contributed by atoms with van der Waals surface area (Å²) in [5, 5.41) is 11.9. The van der Waals surface area contributed by atoms with Crippen LogP contribution in [0.1, 0.15) is 23.2 Å². The highest BCUT2D eigenvalue weighted by Crippen LogP contribution is 2.19. The molecule has 1 saturated carbocycles. The number of hydrogen-bond donors (Lipinski definition) is 2. The Balaban J connectivity index is 1.93. The second-order valence-electron chi connectivity index (χ2n) is 3.88. The van der Waals surface area contributed by atoms with Crippen LogP contribution in [0.4, 0.5) is 0 Å². The average molecular weight is 222 g/mol. The highest BCUT2D eigenvalue weighted by Gasteiger charge is 2.28. The van der Waals surface area contributed by atoms with E-state index in [9.17, 15) is 4.79 Å². The smallest absolute Gasteiger partial charge is 0.253 e. The molecule has 2 N–H and O–H groups in total. The zero-order valence-corrected chi connectivity index (χ0v) is 9.01. The molecule has 5 nitrogen and oxygen atoms in total. The number of aliphatic hydroxyl groups excluding tert-OH is 1. The maximum atomic E-state index is 11.7. The fourth-order valence-electron chi connectivity index (χ4n) is 1.61. The standard InChI is InChI=1S/C11H14N2O3/c1-16-10-3-2-7(6-12-10)11(15)13-8-4-9(14)5-8/h2-3,6,8-9,14H,4-5H2,1H3,(H,13,15). The Morgan fingerprint density at radius 1 is 1.56 bits per heavy atom. The summed E-state index contributed by atoms with van der Waals surface area (Å²) in [4.78, 5) is 15.6. The predicted octanol–water partition coefficient (Wildman–Crippen LogP) is 0.343. The van der Waals surface area contributed by atoms with Crippen molar-refractivity contribution in [2.75, 3.05) is 7.11 Å². The second-order valence-corrected chi connectivity index (χ2v) is 3.88. The first-order chi connectivity index (χ1) is 7.69. The first-order valence-electron chi connectivity index (χ1n) is 5.18. The van der Waals surface area contributed by atoms with Gasteiger partial charge in [-0.25, -0.2) is 4.98 Å². The topological polar surface area (TPSA) is 71.5 Å². The van der Waals surface area contributed by atoms with Gasteiger partial charge in [-0.1, -0.05) is 0 Å². The number of methoxy groups -OCH3 is 1. The minimum atomic E-state index is -0.265. The number of carbonyl (C=O) groups is 1. The number of aliphatic hydroxyl groups is 1. The number of aromatic nitrogens is 1. The zero-order chi connectivity index (χ0) is 11.5. The summed E-state index contributed by atoms with van der Waals surface area (Å²) in [7, 11) is 1.53. The molecule has 1 heterocycles. The van der Waals surface area contributed by atoms with E-state index in [1.54, 1.807) is 12.1 Å². The van der Waals surface area contributed by atoms with Crippen LogP contribution in [0.25, 0.3) is 0 Å². The van der Waals surface area contributed by atoms with Crippen molar-refractivity contribution < 1.29 is 14.6 Å². The van der Waals surface area contributed by atoms with Crippen molar-refractivity contribution in [3.05, 3.63) is 23.9 Å². The van der Waals surface area contributed by atoms with Crippen LogP contribution in [0.2, 0.25) is 0 Å². The third-order valence-electron chi connectivity index (χ3n) is 2.66. The molecule has 1 aliphatic carbocycles. The lowest BCUT2D eigenvalue weighted by Gasteiger charge is -2.31. The Morgan fingerprint density at radius 2 is 2.31 bits per heavy atom. The summed E-state index contributed by atoms with van der Waals surface area (Å²) in [5.74, 6) is 0.322. The molecule has 0 radical (unpaired) electrons. The van der Waals surface area contributed by atoms with Gasteiger partial charge in [0.15, 0.2) is 0 Å². The van der Waals surface area contributed by atoms with Crippen molar-refractivity contribution in [2.45, 2.75) is 25.0 Å². The van der Waals surface area contributed by atoms with Gasteiger partial charge in [0.1, 0.15) is 0 Å². The molecule has 1 aliphatic rings. The van der Waals surface area contributed by atoms with Crippen LogP contribution >= 0.6 is 0 Å². The maximum Gasteiger partial charge on any atom is 0.253 e. The monoisotopic (exact) mass is 222 g/mol. The summed E-state index contributed by atoms with van der Waals surface area (Å²) in [6.45, 7) is 0. The molecule has 0 saturated heterocycles. The molecule has 0 spiro atoms. The lowest BCUT2D eigenvalue weighted by molar-refractivity contribution is 0.0562. The molecule has 1 aromatic rings. The molecule has 0 atom stereocenters. The third kappa shape index (κ3) is 2.30. The third-order valence-corrected chi connectivity index (χ3v) is 2.66. The Morgan fingerprint density at radius 3 is 2.81 bits per heavy atom. The highest BCUT2D eigenvalue weighted by molar-refractivity contribution is 5.94. The molecule has 0 bridgehead atoms. The Bertz CT molecular complexity index is 371. The molecular weight excluding hydrogens is 208 g/mol. The van der Waals surface area contributed by atoms with Gasteiger partial charge >= 0.3 is 0 Å². The van der Waals surface area contributed by atoms with Crippen molar-refractivity contribution in [1.82, 2.24) is 10.3 Å². The molecule has 1 fully saturated rings. The van der Waals surface area contributed by atoms with Gasteiger partial charge in [0, 0.05) is 18.3 Å². The van der Waals surface area contributed by atoms with E-state index in [1.807, 2.05) is 0 Å². The van der Waals surface area contributed by atoms with Gasteiger partial charge in [-0.15, -0.1) is 0 Å². The molecule has 0 unspecified atom stereocenters. The number of ether oxygens (including phenoxy) is 1. The Labute approximate surface area is 93.5 Å². The first-order valence-corrected chi connectivity index (χ1v) is 5.18. The molecule has 0 aromatic carbocycles. The quantitative estimate of drug-likeness (QED) is 0.773. The van der Waals surface area contributed by atoms with Gasteiger partial charge in [-0.2, -0.15) is 0 Å². The van der Waals surface area contributed by atoms with Gasteiger partial charge in [0.05, 0.1) is 18.8 Å². The van der Waals surface area contributed by atoms with Crippen LogP contribution in [0.3, 0.4) is 0 Å². The average Bonchev–Trinajstić information content (AvgIpc) is 2.27. The molecule has 2 rings (SSSR count). The van der Waals surface area contributed by atoms with E-state index in [2.05, 4.69) is 10.3 Å². The number of amides is 1. The number of rotatable bonds is 3. The zero-order valence-electron chi connectivity index (χ0n) is 9.01. The number of nitrogens with one attached hydrogen (secondary N) is 1. The molecule has 0 aliphatic heterocycles. The van der Waals surface area contributed by atoms with Crippen molar-refractivity contribution >= 4 is 5.91 Å². The minimum Gasteiger partial charge on any atom is -0.481 e. The maximum absolute atomic E-state index is 11.7. The second kappa shape index (κ2) is 4.49. The number of pyridine rings is 1. The predicted molar refractivity (Wildman–Crippen MR) is 57.3 cm³/mol. The molecule has 1 aromatic heterocycles. The number of hydrogen-bond acceptors (Lipinski definition) is 4. The Kier molecular flexibility index (Phi) is 3.05. The minimum absolute atomic E-state index is 0.0876. The van der Waals surface area contributed by atoms with E-state index in [4.69, 9.17) is 9.84 Å². The van der Waals surface area contributed by atoms with Crippen LogP contribution < -0.4 is 10.1 Å². The van der Waals surface area contributed by atoms with E-state index in [1.165, 1.54) is 13.3 Å². The van der Waals surface area contributed by atoms with Crippen LogP contribution in [0.5, 0.6) is 5.88 Å². The molecule has 1 amide bonds. The lowest BCUT2D eigenvalue weighted by atomic mass is 9.89. The summed E-state index contributed by atoms with van der Waals surface area (Å²) in [6.07, 6.45) is 2.48. The van der Waals surface area contributed by atoms with Crippen LogP contribution in [0, 0.1) is 0 Å². The van der Waals surface area contributed by atoms with Crippen LogP contribution in [-0.2, 0) is 0 Å². The van der Waals surface area contributed by atoms with E-state index < -0.39 is 0 Å². The SMILES string of the molecule is COc1ccc(C(=O)NC2CC(O)C2)cn1. The van der Waals surface area contributed by atoms with E-state index in [0.29, 0.717) is 24.3 Å². The summed E-state index contributed by atoms with van der Waals surface area (Å²) >= 11 is 0. The van der Waals surface area contributed by atoms with Crippen LogP contribution in [-0.4, -0.2) is 35.3 Å². The van der Waals surface area contributed by atoms with Crippen molar-refractivity contribution in [1.29, 1.82) is 0 Å². The fourth-order valence-corrected chi connectivity index (χ4v) is 1.61. The normalized spacial score (nSPS) is 23.4. The van der Waals surface area contributed by atoms with Crippen LogP contribution in [0.15, 0.2) is 18.3 Å². The Hall–Kier alpha value is -1.62. The van der Waals surface area contributed by atoms with Gasteiger partial charge in [-0.05, 0) is 18.9 Å². The fraction of sp³-hybridized carbons (Fsp3) is 0.455. The number of carbonyl (C=O) groups excluding carboxylic acids is 1. The van der Waals surface area contributed by atoms with Gasteiger partial charge in [0.25, 0.3) is 5.91 Å². The summed E-state index contributed by atoms with van der Waals surface area (Å²) in [5.41, 5.74) is 0.502. The molecule has 16 heavy (non-hydrogen) atoms. The van der Waals surface area contributed by atoms with E-state index in [-0.39, 0.29) is 18.1 Å². The van der Waals surface area contributed by atoms with E-state index in [0.717, 1.165) is 0 Å². The largest absolute Gasteiger partial charge is 0.481 e. The highest BCUT2D eigenvalue weighted by atomic mass is 16.5.